The molecule has 1 aromatic carbocycles. The van der Waals surface area contributed by atoms with Crippen LogP contribution in [0.5, 0.6) is 0 Å². The third kappa shape index (κ3) is 5.44. The molecule has 0 saturated carbocycles. The van der Waals surface area contributed by atoms with Crippen molar-refractivity contribution in [1.29, 1.82) is 0 Å². The van der Waals surface area contributed by atoms with Crippen LogP contribution in [0.25, 0.3) is 0 Å². The summed E-state index contributed by atoms with van der Waals surface area (Å²) in [5, 5.41) is 12.6. The number of rotatable bonds is 6. The number of carbonyl (C=O) groups is 2. The molecule has 1 aromatic rings. The average molecular weight is 333 g/mol. The summed E-state index contributed by atoms with van der Waals surface area (Å²) in [4.78, 5) is 23.9. The molecule has 0 saturated heterocycles. The lowest BCUT2D eigenvalue weighted by molar-refractivity contribution is -0.141. The van der Waals surface area contributed by atoms with Crippen molar-refractivity contribution in [3.63, 3.8) is 0 Å². The van der Waals surface area contributed by atoms with Crippen LogP contribution >= 0.6 is 23.2 Å². The molecule has 1 atom stereocenters. The van der Waals surface area contributed by atoms with Gasteiger partial charge in [-0.1, -0.05) is 36.2 Å². The maximum Gasteiger partial charge on any atom is 0.317 e. The molecule has 116 valence electrons. The second-order valence-electron chi connectivity index (χ2n) is 4.80. The summed E-state index contributed by atoms with van der Waals surface area (Å²) in [5.41, 5.74) is 0.780. The summed E-state index contributed by atoms with van der Waals surface area (Å²) in [5.74, 6) is -1.55. The van der Waals surface area contributed by atoms with Crippen LogP contribution < -0.4 is 5.32 Å². The smallest absolute Gasteiger partial charge is 0.317 e. The van der Waals surface area contributed by atoms with E-state index in [1.165, 1.54) is 4.90 Å². The first kappa shape index (κ1) is 17.6. The molecule has 5 nitrogen and oxygen atoms in total. The third-order valence-electron chi connectivity index (χ3n) is 3.03. The van der Waals surface area contributed by atoms with Gasteiger partial charge in [0, 0.05) is 30.2 Å². The predicted octanol–water partition coefficient (Wildman–Crippen LogP) is 2.90. The maximum absolute atomic E-state index is 11.8. The Kier molecular flexibility index (Phi) is 6.78. The fraction of sp³-hybridized carbons (Fsp3) is 0.429. The van der Waals surface area contributed by atoms with E-state index >= 15 is 0 Å². The van der Waals surface area contributed by atoms with E-state index in [1.54, 1.807) is 32.2 Å². The van der Waals surface area contributed by atoms with E-state index in [-0.39, 0.29) is 12.6 Å². The molecule has 1 rings (SSSR count). The van der Waals surface area contributed by atoms with Crippen LogP contribution in [0.3, 0.4) is 0 Å². The number of halogens is 2. The zero-order valence-corrected chi connectivity index (χ0v) is 13.4. The van der Waals surface area contributed by atoms with Crippen molar-refractivity contribution in [2.45, 2.75) is 13.3 Å². The molecule has 1 unspecified atom stereocenters. The minimum Gasteiger partial charge on any atom is -0.481 e. The molecule has 0 radical (unpaired) electrons. The summed E-state index contributed by atoms with van der Waals surface area (Å²) < 4.78 is 0. The fourth-order valence-corrected chi connectivity index (χ4v) is 2.36. The molecule has 0 spiro atoms. The van der Waals surface area contributed by atoms with Gasteiger partial charge in [-0.3, -0.25) is 4.79 Å². The minimum absolute atomic E-state index is 0.147. The molecule has 0 aliphatic heterocycles. The number of hydrogen-bond acceptors (Lipinski definition) is 2. The monoisotopic (exact) mass is 332 g/mol. The van der Waals surface area contributed by atoms with E-state index in [1.807, 2.05) is 0 Å². The third-order valence-corrected chi connectivity index (χ3v) is 3.74. The Morgan fingerprint density at radius 1 is 1.33 bits per heavy atom. The van der Waals surface area contributed by atoms with Gasteiger partial charge >= 0.3 is 12.0 Å². The van der Waals surface area contributed by atoms with E-state index in [9.17, 15) is 9.59 Å². The molecule has 7 heteroatoms. The molecule has 0 fully saturated rings. The van der Waals surface area contributed by atoms with Gasteiger partial charge in [0.2, 0.25) is 0 Å². The van der Waals surface area contributed by atoms with Gasteiger partial charge in [-0.25, -0.2) is 4.79 Å². The predicted molar refractivity (Wildman–Crippen MR) is 83.0 cm³/mol. The topological polar surface area (TPSA) is 69.6 Å². The van der Waals surface area contributed by atoms with Crippen molar-refractivity contribution >= 4 is 35.2 Å². The normalized spacial score (nSPS) is 11.8. The fourth-order valence-electron chi connectivity index (χ4n) is 1.77. The Hall–Kier alpha value is -1.46. The van der Waals surface area contributed by atoms with Crippen LogP contribution in [-0.4, -0.2) is 42.1 Å². The van der Waals surface area contributed by atoms with Gasteiger partial charge in [-0.2, -0.15) is 0 Å². The number of carboxylic acid groups (broad SMARTS) is 1. The first-order valence-corrected chi connectivity index (χ1v) is 7.23. The van der Waals surface area contributed by atoms with E-state index in [0.717, 1.165) is 5.56 Å². The Bertz CT molecular complexity index is 503. The van der Waals surface area contributed by atoms with Crippen LogP contribution in [0, 0.1) is 5.92 Å². The van der Waals surface area contributed by atoms with Gasteiger partial charge in [0.05, 0.1) is 5.92 Å². The summed E-state index contributed by atoms with van der Waals surface area (Å²) in [6, 6.07) is 4.91. The maximum atomic E-state index is 11.8. The standard InChI is InChI=1S/C14H18Cl2N2O3/c1-9(13(19)20)8-18(2)14(21)17-7-6-10-11(15)4-3-5-12(10)16/h3-5,9H,6-8H2,1-2H3,(H,17,21)(H,19,20). The number of nitrogens with one attached hydrogen (secondary N) is 1. The molecule has 21 heavy (non-hydrogen) atoms. The minimum atomic E-state index is -0.933. The van der Waals surface area contributed by atoms with Crippen LogP contribution in [0.1, 0.15) is 12.5 Å². The number of hydrogen-bond donors (Lipinski definition) is 2. The van der Waals surface area contributed by atoms with Crippen LogP contribution in [0.4, 0.5) is 4.79 Å². The van der Waals surface area contributed by atoms with Crippen molar-refractivity contribution in [1.82, 2.24) is 10.2 Å². The number of aliphatic carboxylic acids is 1. The molecule has 0 heterocycles. The molecular formula is C14H18Cl2N2O3. The number of amides is 2. The van der Waals surface area contributed by atoms with Gasteiger partial charge in [-0.05, 0) is 24.1 Å². The number of urea groups is 1. The Balaban J connectivity index is 2.45. The molecule has 0 bridgehead atoms. The zero-order valence-electron chi connectivity index (χ0n) is 11.9. The van der Waals surface area contributed by atoms with Gasteiger partial charge in [0.25, 0.3) is 0 Å². The van der Waals surface area contributed by atoms with Crippen LogP contribution in [0.2, 0.25) is 10.0 Å². The van der Waals surface area contributed by atoms with E-state index in [2.05, 4.69) is 5.32 Å². The molecule has 0 aliphatic carbocycles. The number of carboxylic acids is 1. The van der Waals surface area contributed by atoms with Gasteiger partial charge in [0.15, 0.2) is 0 Å². The quantitative estimate of drug-likeness (QED) is 0.841. The lowest BCUT2D eigenvalue weighted by Gasteiger charge is -2.20. The lowest BCUT2D eigenvalue weighted by atomic mass is 10.1. The number of carbonyl (C=O) groups excluding carboxylic acids is 1. The van der Waals surface area contributed by atoms with E-state index in [4.69, 9.17) is 28.3 Å². The Morgan fingerprint density at radius 3 is 2.43 bits per heavy atom. The zero-order chi connectivity index (χ0) is 16.0. The van der Waals surface area contributed by atoms with Crippen molar-refractivity contribution in [2.24, 2.45) is 5.92 Å². The average Bonchev–Trinajstić information content (AvgIpc) is 2.41. The highest BCUT2D eigenvalue weighted by atomic mass is 35.5. The van der Waals surface area contributed by atoms with E-state index < -0.39 is 11.9 Å². The second kappa shape index (κ2) is 8.10. The molecule has 2 amide bonds. The van der Waals surface area contributed by atoms with Crippen LogP contribution in [-0.2, 0) is 11.2 Å². The summed E-state index contributed by atoms with van der Waals surface area (Å²) in [7, 11) is 1.55. The van der Waals surface area contributed by atoms with Crippen molar-refractivity contribution in [3.05, 3.63) is 33.8 Å². The SMILES string of the molecule is CC(CN(C)C(=O)NCCc1c(Cl)cccc1Cl)C(=O)O. The largest absolute Gasteiger partial charge is 0.481 e. The number of nitrogens with zero attached hydrogens (tertiary/aromatic N) is 1. The molecule has 0 aliphatic rings. The molecule has 2 N–H and O–H groups in total. The highest BCUT2D eigenvalue weighted by Gasteiger charge is 2.17. The first-order valence-electron chi connectivity index (χ1n) is 6.47. The van der Waals surface area contributed by atoms with Gasteiger partial charge < -0.3 is 15.3 Å². The van der Waals surface area contributed by atoms with E-state index in [0.29, 0.717) is 23.0 Å². The van der Waals surface area contributed by atoms with Crippen LogP contribution in [0.15, 0.2) is 18.2 Å². The summed E-state index contributed by atoms with van der Waals surface area (Å²) in [6.07, 6.45) is 0.507. The Labute approximate surface area is 133 Å². The number of benzene rings is 1. The van der Waals surface area contributed by atoms with Gasteiger partial charge in [0.1, 0.15) is 0 Å². The lowest BCUT2D eigenvalue weighted by Crippen LogP contribution is -2.41. The first-order chi connectivity index (χ1) is 9.82. The van der Waals surface area contributed by atoms with Gasteiger partial charge in [-0.15, -0.1) is 0 Å². The summed E-state index contributed by atoms with van der Waals surface area (Å²) >= 11 is 12.1. The molecule has 0 aromatic heterocycles. The highest BCUT2D eigenvalue weighted by Crippen LogP contribution is 2.24. The highest BCUT2D eigenvalue weighted by molar-refractivity contribution is 6.35. The molecular weight excluding hydrogens is 315 g/mol. The second-order valence-corrected chi connectivity index (χ2v) is 5.62. The van der Waals surface area contributed by atoms with Crippen molar-refractivity contribution in [3.8, 4) is 0 Å². The van der Waals surface area contributed by atoms with Crippen molar-refractivity contribution < 1.29 is 14.7 Å². The summed E-state index contributed by atoms with van der Waals surface area (Å²) in [6.45, 7) is 2.07. The Morgan fingerprint density at radius 2 is 1.90 bits per heavy atom. The van der Waals surface area contributed by atoms with Crippen molar-refractivity contribution in [2.75, 3.05) is 20.1 Å².